The minimum Gasteiger partial charge on any atom is -0.379 e. The number of ether oxygens (including phenoxy) is 2. The molecule has 0 aromatic rings. The molecule has 1 amide bonds. The first-order valence-corrected chi connectivity index (χ1v) is 6.23. The highest BCUT2D eigenvalue weighted by Crippen LogP contribution is 2.11. The lowest BCUT2D eigenvalue weighted by Gasteiger charge is -2.25. The molecule has 0 saturated carbocycles. The molecule has 0 aliphatic carbocycles. The Morgan fingerprint density at radius 3 is 2.75 bits per heavy atom. The maximum Gasteiger partial charge on any atom is 0.216 e. The van der Waals surface area contributed by atoms with Crippen molar-refractivity contribution in [2.24, 2.45) is 0 Å². The van der Waals surface area contributed by atoms with Crippen molar-refractivity contribution in [3.63, 3.8) is 0 Å². The van der Waals surface area contributed by atoms with Gasteiger partial charge in [0.15, 0.2) is 0 Å². The van der Waals surface area contributed by atoms with Gasteiger partial charge < -0.3 is 14.8 Å². The third kappa shape index (κ3) is 6.80. The Morgan fingerprint density at radius 2 is 2.12 bits per heavy atom. The third-order valence-electron chi connectivity index (χ3n) is 2.69. The standard InChI is InChI=1S/C12H23NO3/c1-11(14)13-7-4-2-3-5-8-15-10-12-6-9-16-12/h12H,2-10H2,1H3,(H,13,14). The molecule has 1 fully saturated rings. The molecule has 0 spiro atoms. The highest BCUT2D eigenvalue weighted by atomic mass is 16.5. The SMILES string of the molecule is CC(=O)NCCCCCCOCC1CCO1. The molecule has 1 aliphatic heterocycles. The van der Waals surface area contributed by atoms with Gasteiger partial charge >= 0.3 is 0 Å². The monoisotopic (exact) mass is 229 g/mol. The number of carbonyl (C=O) groups is 1. The van der Waals surface area contributed by atoms with Crippen LogP contribution >= 0.6 is 0 Å². The molecule has 1 unspecified atom stereocenters. The first-order chi connectivity index (χ1) is 7.79. The molecular weight excluding hydrogens is 206 g/mol. The fourth-order valence-electron chi connectivity index (χ4n) is 1.58. The molecule has 4 nitrogen and oxygen atoms in total. The van der Waals surface area contributed by atoms with Crippen LogP contribution in [0.2, 0.25) is 0 Å². The van der Waals surface area contributed by atoms with Crippen molar-refractivity contribution in [3.05, 3.63) is 0 Å². The van der Waals surface area contributed by atoms with Crippen molar-refractivity contribution >= 4 is 5.91 Å². The highest BCUT2D eigenvalue weighted by molar-refractivity contribution is 5.72. The van der Waals surface area contributed by atoms with E-state index in [9.17, 15) is 4.79 Å². The number of rotatable bonds is 9. The van der Waals surface area contributed by atoms with Gasteiger partial charge in [0.25, 0.3) is 0 Å². The van der Waals surface area contributed by atoms with Crippen molar-refractivity contribution in [2.45, 2.75) is 45.1 Å². The van der Waals surface area contributed by atoms with Crippen LogP contribution in [0.5, 0.6) is 0 Å². The largest absolute Gasteiger partial charge is 0.379 e. The minimum absolute atomic E-state index is 0.0591. The van der Waals surface area contributed by atoms with Crippen LogP contribution in [0.15, 0.2) is 0 Å². The Labute approximate surface area is 97.7 Å². The summed E-state index contributed by atoms with van der Waals surface area (Å²) in [5.74, 6) is 0.0591. The molecule has 4 heteroatoms. The fourth-order valence-corrected chi connectivity index (χ4v) is 1.58. The summed E-state index contributed by atoms with van der Waals surface area (Å²) in [5.41, 5.74) is 0. The summed E-state index contributed by atoms with van der Waals surface area (Å²) in [6, 6.07) is 0. The Kier molecular flexibility index (Phi) is 7.17. The first-order valence-electron chi connectivity index (χ1n) is 6.23. The summed E-state index contributed by atoms with van der Waals surface area (Å²) in [4.78, 5) is 10.6. The van der Waals surface area contributed by atoms with Crippen molar-refractivity contribution in [2.75, 3.05) is 26.4 Å². The number of carbonyl (C=O) groups excluding carboxylic acids is 1. The lowest BCUT2D eigenvalue weighted by molar-refractivity contribution is -0.118. The van der Waals surface area contributed by atoms with E-state index in [4.69, 9.17) is 9.47 Å². The van der Waals surface area contributed by atoms with E-state index in [1.165, 1.54) is 6.42 Å². The number of amides is 1. The van der Waals surface area contributed by atoms with Crippen LogP contribution in [0.1, 0.15) is 39.0 Å². The van der Waals surface area contributed by atoms with Crippen molar-refractivity contribution in [1.29, 1.82) is 0 Å². The molecule has 94 valence electrons. The van der Waals surface area contributed by atoms with Gasteiger partial charge in [0, 0.05) is 26.7 Å². The van der Waals surface area contributed by atoms with Crippen LogP contribution in [0.4, 0.5) is 0 Å². The van der Waals surface area contributed by atoms with Crippen molar-refractivity contribution in [3.8, 4) is 0 Å². The zero-order chi connectivity index (χ0) is 11.6. The Balaban J connectivity index is 1.69. The maximum atomic E-state index is 10.6. The fraction of sp³-hybridized carbons (Fsp3) is 0.917. The summed E-state index contributed by atoms with van der Waals surface area (Å²) in [6.07, 6.45) is 6.00. The van der Waals surface area contributed by atoms with E-state index in [1.54, 1.807) is 6.92 Å². The topological polar surface area (TPSA) is 47.6 Å². The van der Waals surface area contributed by atoms with E-state index < -0.39 is 0 Å². The van der Waals surface area contributed by atoms with Crippen LogP contribution < -0.4 is 5.32 Å². The summed E-state index contributed by atoms with van der Waals surface area (Å²) in [5, 5.41) is 2.79. The van der Waals surface area contributed by atoms with Crippen LogP contribution in [0.25, 0.3) is 0 Å². The number of hydrogen-bond acceptors (Lipinski definition) is 3. The van der Waals surface area contributed by atoms with Gasteiger partial charge in [-0.1, -0.05) is 12.8 Å². The molecule has 1 heterocycles. The average molecular weight is 229 g/mol. The Morgan fingerprint density at radius 1 is 1.38 bits per heavy atom. The second-order valence-corrected chi connectivity index (χ2v) is 4.25. The Hall–Kier alpha value is -0.610. The van der Waals surface area contributed by atoms with Crippen LogP contribution in [0.3, 0.4) is 0 Å². The van der Waals surface area contributed by atoms with Crippen LogP contribution in [-0.2, 0) is 14.3 Å². The van der Waals surface area contributed by atoms with E-state index in [-0.39, 0.29) is 5.91 Å². The van der Waals surface area contributed by atoms with Gasteiger partial charge in [0.05, 0.1) is 12.7 Å². The predicted octanol–water partition coefficient (Wildman–Crippen LogP) is 1.49. The molecule has 16 heavy (non-hydrogen) atoms. The van der Waals surface area contributed by atoms with Crippen molar-refractivity contribution < 1.29 is 14.3 Å². The molecule has 0 aromatic carbocycles. The summed E-state index contributed by atoms with van der Waals surface area (Å²) < 4.78 is 10.7. The normalized spacial score (nSPS) is 19.2. The lowest BCUT2D eigenvalue weighted by atomic mass is 10.2. The Bertz CT molecular complexity index is 193. The smallest absolute Gasteiger partial charge is 0.216 e. The molecule has 1 atom stereocenters. The second kappa shape index (κ2) is 8.53. The second-order valence-electron chi connectivity index (χ2n) is 4.25. The lowest BCUT2D eigenvalue weighted by Crippen LogP contribution is -2.31. The van der Waals surface area contributed by atoms with Gasteiger partial charge in [0.2, 0.25) is 5.91 Å². The first kappa shape index (κ1) is 13.5. The third-order valence-corrected chi connectivity index (χ3v) is 2.69. The predicted molar refractivity (Wildman–Crippen MR) is 62.3 cm³/mol. The molecule has 1 aliphatic rings. The minimum atomic E-state index is 0.0591. The van der Waals surface area contributed by atoms with E-state index in [2.05, 4.69) is 5.32 Å². The number of hydrogen-bond donors (Lipinski definition) is 1. The molecule has 1 N–H and O–H groups in total. The summed E-state index contributed by atoms with van der Waals surface area (Å²) >= 11 is 0. The molecule has 1 saturated heterocycles. The number of nitrogens with one attached hydrogen (secondary N) is 1. The van der Waals surface area contributed by atoms with E-state index in [0.29, 0.717) is 6.10 Å². The van der Waals surface area contributed by atoms with Crippen molar-refractivity contribution in [1.82, 2.24) is 5.32 Å². The zero-order valence-electron chi connectivity index (χ0n) is 10.2. The quantitative estimate of drug-likeness (QED) is 0.609. The highest BCUT2D eigenvalue weighted by Gasteiger charge is 2.17. The van der Waals surface area contributed by atoms with Gasteiger partial charge in [-0.05, 0) is 19.3 Å². The van der Waals surface area contributed by atoms with Gasteiger partial charge in [-0.25, -0.2) is 0 Å². The molecule has 1 rings (SSSR count). The van der Waals surface area contributed by atoms with Crippen LogP contribution in [-0.4, -0.2) is 38.4 Å². The number of unbranched alkanes of at least 4 members (excludes halogenated alkanes) is 3. The van der Waals surface area contributed by atoms with Gasteiger partial charge in [-0.2, -0.15) is 0 Å². The van der Waals surface area contributed by atoms with Gasteiger partial charge in [-0.15, -0.1) is 0 Å². The summed E-state index contributed by atoms with van der Waals surface area (Å²) in [7, 11) is 0. The van der Waals surface area contributed by atoms with Gasteiger partial charge in [-0.3, -0.25) is 4.79 Å². The van der Waals surface area contributed by atoms with E-state index >= 15 is 0 Å². The van der Waals surface area contributed by atoms with Gasteiger partial charge in [0.1, 0.15) is 0 Å². The molecular formula is C12H23NO3. The van der Waals surface area contributed by atoms with E-state index in [1.807, 2.05) is 0 Å². The molecule has 0 aromatic heterocycles. The van der Waals surface area contributed by atoms with E-state index in [0.717, 1.165) is 52.0 Å². The van der Waals surface area contributed by atoms with Crippen LogP contribution in [0, 0.1) is 0 Å². The molecule has 0 radical (unpaired) electrons. The zero-order valence-corrected chi connectivity index (χ0v) is 10.2. The summed E-state index contributed by atoms with van der Waals surface area (Å²) in [6.45, 7) is 4.84. The molecule has 0 bridgehead atoms. The maximum absolute atomic E-state index is 10.6. The average Bonchev–Trinajstić information content (AvgIpc) is 2.17.